The third-order valence-electron chi connectivity index (χ3n) is 3.88. The van der Waals surface area contributed by atoms with Gasteiger partial charge in [0.05, 0.1) is 13.7 Å². The van der Waals surface area contributed by atoms with E-state index in [-0.39, 0.29) is 17.1 Å². The smallest absolute Gasteiger partial charge is 0.387 e. The lowest BCUT2D eigenvalue weighted by atomic mass is 10.2. The van der Waals surface area contributed by atoms with E-state index in [0.29, 0.717) is 24.6 Å². The summed E-state index contributed by atoms with van der Waals surface area (Å²) in [6, 6.07) is 12.7. The number of benzene rings is 2. The first-order valence-electron chi connectivity index (χ1n) is 8.69. The molecule has 0 saturated heterocycles. The van der Waals surface area contributed by atoms with Crippen molar-refractivity contribution in [2.24, 2.45) is 0 Å². The Kier molecular flexibility index (Phi) is 6.62. The van der Waals surface area contributed by atoms with Crippen molar-refractivity contribution in [2.45, 2.75) is 13.2 Å². The van der Waals surface area contributed by atoms with Crippen LogP contribution >= 0.6 is 0 Å². The number of ether oxygens (including phenoxy) is 3. The summed E-state index contributed by atoms with van der Waals surface area (Å²) in [6.07, 6.45) is 3.53. The van der Waals surface area contributed by atoms with E-state index in [9.17, 15) is 13.6 Å². The van der Waals surface area contributed by atoms with Gasteiger partial charge >= 0.3 is 6.61 Å². The van der Waals surface area contributed by atoms with Crippen LogP contribution in [0.2, 0.25) is 0 Å². The van der Waals surface area contributed by atoms with Crippen molar-refractivity contribution < 1.29 is 27.8 Å². The van der Waals surface area contributed by atoms with Gasteiger partial charge in [-0.25, -0.2) is 0 Å². The van der Waals surface area contributed by atoms with Gasteiger partial charge in [-0.3, -0.25) is 9.48 Å². The number of carbonyl (C=O) groups excluding carboxylic acids is 1. The van der Waals surface area contributed by atoms with Gasteiger partial charge in [0, 0.05) is 29.7 Å². The van der Waals surface area contributed by atoms with Crippen LogP contribution < -0.4 is 19.5 Å². The quantitative estimate of drug-likeness (QED) is 0.588. The fraction of sp³-hybridized carbons (Fsp3) is 0.200. The number of rotatable bonds is 9. The number of carbonyl (C=O) groups is 1. The van der Waals surface area contributed by atoms with E-state index in [4.69, 9.17) is 9.47 Å². The lowest BCUT2D eigenvalue weighted by molar-refractivity contribution is -0.0512. The summed E-state index contributed by atoms with van der Waals surface area (Å²) < 4.78 is 41.6. The van der Waals surface area contributed by atoms with Gasteiger partial charge in [0.2, 0.25) is 0 Å². The first-order chi connectivity index (χ1) is 14.0. The second-order valence-electron chi connectivity index (χ2n) is 5.84. The van der Waals surface area contributed by atoms with Crippen molar-refractivity contribution in [1.29, 1.82) is 0 Å². The van der Waals surface area contributed by atoms with E-state index in [0.717, 1.165) is 0 Å². The standard InChI is InChI=1S/C20H19F2N3O4/c1-27-18-12-14(6-7-17(18)29-20(21)22)19(26)24-15-4-2-5-16(13-15)28-11-10-25-9-3-8-23-25/h2-9,12-13,20H,10-11H2,1H3,(H,24,26). The Morgan fingerprint density at radius 3 is 2.76 bits per heavy atom. The van der Waals surface area contributed by atoms with Gasteiger partial charge in [-0.05, 0) is 36.4 Å². The Hall–Kier alpha value is -3.62. The van der Waals surface area contributed by atoms with Crippen LogP contribution in [0.3, 0.4) is 0 Å². The highest BCUT2D eigenvalue weighted by Gasteiger charge is 2.14. The molecule has 1 heterocycles. The molecule has 1 N–H and O–H groups in total. The minimum Gasteiger partial charge on any atom is -0.493 e. The van der Waals surface area contributed by atoms with Gasteiger partial charge < -0.3 is 19.5 Å². The molecule has 0 atom stereocenters. The van der Waals surface area contributed by atoms with Crippen LogP contribution in [0.1, 0.15) is 10.4 Å². The Balaban J connectivity index is 1.62. The van der Waals surface area contributed by atoms with Crippen molar-refractivity contribution in [2.75, 3.05) is 19.0 Å². The molecular formula is C20H19F2N3O4. The molecule has 0 spiro atoms. The number of hydrogen-bond acceptors (Lipinski definition) is 5. The first-order valence-corrected chi connectivity index (χ1v) is 8.69. The summed E-state index contributed by atoms with van der Waals surface area (Å²) in [6.45, 7) is -1.97. The molecule has 3 rings (SSSR count). The van der Waals surface area contributed by atoms with Gasteiger partial charge in [-0.1, -0.05) is 6.07 Å². The molecule has 7 nitrogen and oxygen atoms in total. The SMILES string of the molecule is COc1cc(C(=O)Nc2cccc(OCCn3cccn3)c2)ccc1OC(F)F. The topological polar surface area (TPSA) is 74.6 Å². The number of hydrogen-bond donors (Lipinski definition) is 1. The zero-order valence-electron chi connectivity index (χ0n) is 15.5. The molecule has 0 aliphatic rings. The number of methoxy groups -OCH3 is 1. The third kappa shape index (κ3) is 5.68. The number of amides is 1. The molecule has 3 aromatic rings. The molecule has 1 amide bonds. The summed E-state index contributed by atoms with van der Waals surface area (Å²) in [5, 5.41) is 6.83. The second kappa shape index (κ2) is 9.54. The molecule has 29 heavy (non-hydrogen) atoms. The number of halogens is 2. The number of nitrogens with one attached hydrogen (secondary N) is 1. The number of anilines is 1. The minimum absolute atomic E-state index is 0.0358. The average molecular weight is 403 g/mol. The zero-order chi connectivity index (χ0) is 20.6. The van der Waals surface area contributed by atoms with Crippen LogP contribution in [0.15, 0.2) is 60.9 Å². The van der Waals surface area contributed by atoms with Gasteiger partial charge in [0.25, 0.3) is 5.91 Å². The van der Waals surface area contributed by atoms with Crippen LogP contribution in [0.25, 0.3) is 0 Å². The molecule has 9 heteroatoms. The fourth-order valence-electron chi connectivity index (χ4n) is 2.56. The van der Waals surface area contributed by atoms with E-state index in [1.807, 2.05) is 12.3 Å². The lowest BCUT2D eigenvalue weighted by Gasteiger charge is -2.12. The van der Waals surface area contributed by atoms with E-state index in [2.05, 4.69) is 15.2 Å². The van der Waals surface area contributed by atoms with Crippen molar-refractivity contribution in [1.82, 2.24) is 9.78 Å². The maximum Gasteiger partial charge on any atom is 0.387 e. The highest BCUT2D eigenvalue weighted by atomic mass is 19.3. The summed E-state index contributed by atoms with van der Waals surface area (Å²) in [5.41, 5.74) is 0.756. The van der Waals surface area contributed by atoms with E-state index >= 15 is 0 Å². The monoisotopic (exact) mass is 403 g/mol. The lowest BCUT2D eigenvalue weighted by Crippen LogP contribution is -2.13. The minimum atomic E-state index is -2.99. The van der Waals surface area contributed by atoms with Crippen LogP contribution in [0.5, 0.6) is 17.2 Å². The molecule has 0 radical (unpaired) electrons. The van der Waals surface area contributed by atoms with Gasteiger partial charge in [-0.15, -0.1) is 0 Å². The van der Waals surface area contributed by atoms with Crippen LogP contribution in [-0.2, 0) is 6.54 Å². The first kappa shape index (κ1) is 20.1. The predicted octanol–water partition coefficient (Wildman–Crippen LogP) is 3.82. The van der Waals surface area contributed by atoms with Crippen LogP contribution in [-0.4, -0.2) is 36.0 Å². The van der Waals surface area contributed by atoms with Crippen molar-refractivity contribution in [3.63, 3.8) is 0 Å². The molecule has 0 bridgehead atoms. The van der Waals surface area contributed by atoms with Gasteiger partial charge in [0.15, 0.2) is 11.5 Å². The molecule has 0 fully saturated rings. The highest BCUT2D eigenvalue weighted by Crippen LogP contribution is 2.30. The normalized spacial score (nSPS) is 10.6. The summed E-state index contributed by atoms with van der Waals surface area (Å²) in [4.78, 5) is 12.5. The van der Waals surface area contributed by atoms with Crippen molar-refractivity contribution in [3.05, 3.63) is 66.5 Å². The molecule has 152 valence electrons. The second-order valence-corrected chi connectivity index (χ2v) is 5.84. The predicted molar refractivity (Wildman–Crippen MR) is 102 cm³/mol. The Morgan fingerprint density at radius 1 is 1.17 bits per heavy atom. The van der Waals surface area contributed by atoms with E-state index < -0.39 is 12.5 Å². The Morgan fingerprint density at radius 2 is 2.03 bits per heavy atom. The third-order valence-corrected chi connectivity index (χ3v) is 3.88. The summed E-state index contributed by atoms with van der Waals surface area (Å²) >= 11 is 0. The zero-order valence-corrected chi connectivity index (χ0v) is 15.5. The molecular weight excluding hydrogens is 384 g/mol. The average Bonchev–Trinajstić information content (AvgIpc) is 3.21. The number of nitrogens with zero attached hydrogens (tertiary/aromatic N) is 2. The molecule has 1 aromatic heterocycles. The van der Waals surface area contributed by atoms with Crippen LogP contribution in [0.4, 0.5) is 14.5 Å². The van der Waals surface area contributed by atoms with Gasteiger partial charge in [-0.2, -0.15) is 13.9 Å². The molecule has 0 saturated carbocycles. The number of aromatic nitrogens is 2. The molecule has 2 aromatic carbocycles. The summed E-state index contributed by atoms with van der Waals surface area (Å²) in [5.74, 6) is 0.0501. The van der Waals surface area contributed by atoms with E-state index in [1.165, 1.54) is 25.3 Å². The Bertz CT molecular complexity index is 949. The Labute approximate surface area is 165 Å². The fourth-order valence-corrected chi connectivity index (χ4v) is 2.56. The van der Waals surface area contributed by atoms with E-state index in [1.54, 1.807) is 35.1 Å². The number of alkyl halides is 2. The highest BCUT2D eigenvalue weighted by molar-refractivity contribution is 6.04. The van der Waals surface area contributed by atoms with Crippen molar-refractivity contribution in [3.8, 4) is 17.2 Å². The van der Waals surface area contributed by atoms with Crippen LogP contribution in [0, 0.1) is 0 Å². The molecule has 0 aliphatic carbocycles. The molecule has 0 unspecified atom stereocenters. The largest absolute Gasteiger partial charge is 0.493 e. The molecule has 0 aliphatic heterocycles. The maximum absolute atomic E-state index is 12.5. The van der Waals surface area contributed by atoms with Gasteiger partial charge in [0.1, 0.15) is 12.4 Å². The van der Waals surface area contributed by atoms with Crippen molar-refractivity contribution >= 4 is 11.6 Å². The maximum atomic E-state index is 12.5. The summed E-state index contributed by atoms with van der Waals surface area (Å²) in [7, 11) is 1.30.